The quantitative estimate of drug-likeness (QED) is 0.484. The molecule has 0 saturated heterocycles. The van der Waals surface area contributed by atoms with E-state index in [2.05, 4.69) is 5.32 Å². The maximum Gasteiger partial charge on any atom is 0.180 e. The fourth-order valence-electron chi connectivity index (χ4n) is 2.64. The number of rotatable bonds is 9. The zero-order chi connectivity index (χ0) is 19.1. The minimum absolute atomic E-state index is 0.315. The Kier molecular flexibility index (Phi) is 7.04. The third-order valence-electron chi connectivity index (χ3n) is 3.91. The largest absolute Gasteiger partial charge is 0.490 e. The highest BCUT2D eigenvalue weighted by Crippen LogP contribution is 2.37. The van der Waals surface area contributed by atoms with Crippen molar-refractivity contribution in [3.63, 3.8) is 0 Å². The normalized spacial score (nSPS) is 10.8. The second kappa shape index (κ2) is 9.70. The van der Waals surface area contributed by atoms with Crippen molar-refractivity contribution < 1.29 is 13.9 Å². The van der Waals surface area contributed by atoms with Crippen LogP contribution in [0.25, 0.3) is 0 Å². The van der Waals surface area contributed by atoms with Crippen molar-refractivity contribution in [2.75, 3.05) is 6.61 Å². The van der Waals surface area contributed by atoms with Crippen LogP contribution in [0.5, 0.6) is 11.5 Å². The summed E-state index contributed by atoms with van der Waals surface area (Å²) in [4.78, 5) is 0. The topological polar surface area (TPSA) is 43.6 Å². The minimum Gasteiger partial charge on any atom is -0.490 e. The van der Waals surface area contributed by atoms with Crippen LogP contribution < -0.4 is 14.8 Å². The van der Waals surface area contributed by atoms with Crippen LogP contribution in [0.15, 0.2) is 59.2 Å². The third kappa shape index (κ3) is 5.42. The number of furan rings is 1. The lowest BCUT2D eigenvalue weighted by Gasteiger charge is -2.16. The number of halogens is 2. The molecule has 4 nitrogen and oxygen atoms in total. The van der Waals surface area contributed by atoms with E-state index in [9.17, 15) is 0 Å². The molecule has 0 bridgehead atoms. The van der Waals surface area contributed by atoms with Crippen LogP contribution >= 0.6 is 23.2 Å². The number of nitrogens with one attached hydrogen (secondary N) is 1. The lowest BCUT2D eigenvalue weighted by molar-refractivity contribution is 0.269. The molecule has 0 saturated carbocycles. The van der Waals surface area contributed by atoms with Crippen LogP contribution in [-0.4, -0.2) is 6.61 Å². The summed E-state index contributed by atoms with van der Waals surface area (Å²) in [6.07, 6.45) is 1.66. The van der Waals surface area contributed by atoms with Crippen molar-refractivity contribution in [1.82, 2.24) is 5.32 Å². The first-order chi connectivity index (χ1) is 13.2. The van der Waals surface area contributed by atoms with Gasteiger partial charge in [-0.25, -0.2) is 0 Å². The maximum atomic E-state index is 6.47. The Bertz CT molecular complexity index is 866. The van der Waals surface area contributed by atoms with Crippen molar-refractivity contribution in [1.29, 1.82) is 0 Å². The van der Waals surface area contributed by atoms with Crippen molar-refractivity contribution >= 4 is 23.2 Å². The van der Waals surface area contributed by atoms with E-state index < -0.39 is 0 Å². The lowest BCUT2D eigenvalue weighted by atomic mass is 10.2. The molecule has 1 heterocycles. The van der Waals surface area contributed by atoms with Crippen LogP contribution in [0.2, 0.25) is 10.0 Å². The molecule has 0 amide bonds. The summed E-state index contributed by atoms with van der Waals surface area (Å²) >= 11 is 12.7. The first-order valence-corrected chi connectivity index (χ1v) is 9.47. The van der Waals surface area contributed by atoms with Crippen LogP contribution in [0.4, 0.5) is 0 Å². The Morgan fingerprint density at radius 1 is 0.963 bits per heavy atom. The van der Waals surface area contributed by atoms with Gasteiger partial charge in [-0.3, -0.25) is 0 Å². The van der Waals surface area contributed by atoms with Crippen LogP contribution in [0.1, 0.15) is 23.8 Å². The predicted molar refractivity (Wildman–Crippen MR) is 108 cm³/mol. The van der Waals surface area contributed by atoms with E-state index in [-0.39, 0.29) is 0 Å². The van der Waals surface area contributed by atoms with Gasteiger partial charge in [0.1, 0.15) is 12.4 Å². The highest BCUT2D eigenvalue weighted by molar-refractivity contribution is 6.32. The highest BCUT2D eigenvalue weighted by Gasteiger charge is 2.14. The zero-order valence-corrected chi connectivity index (χ0v) is 16.5. The van der Waals surface area contributed by atoms with Gasteiger partial charge in [0.05, 0.1) is 24.4 Å². The smallest absolute Gasteiger partial charge is 0.180 e. The van der Waals surface area contributed by atoms with Crippen LogP contribution in [0.3, 0.4) is 0 Å². The van der Waals surface area contributed by atoms with Gasteiger partial charge < -0.3 is 19.2 Å². The molecule has 0 atom stereocenters. The average molecular weight is 406 g/mol. The molecule has 0 fully saturated rings. The molecule has 3 aromatic rings. The van der Waals surface area contributed by atoms with Gasteiger partial charge in [-0.15, -0.1) is 0 Å². The zero-order valence-electron chi connectivity index (χ0n) is 15.0. The molecule has 142 valence electrons. The van der Waals surface area contributed by atoms with E-state index in [1.807, 2.05) is 55.5 Å². The van der Waals surface area contributed by atoms with Gasteiger partial charge in [0.25, 0.3) is 0 Å². The molecular formula is C21H21Cl2NO3. The summed E-state index contributed by atoms with van der Waals surface area (Å²) in [5.74, 6) is 2.02. The second-order valence-corrected chi connectivity index (χ2v) is 6.72. The Labute approximate surface area is 169 Å². The van der Waals surface area contributed by atoms with E-state index >= 15 is 0 Å². The predicted octanol–water partition coefficient (Wildman–Crippen LogP) is 5.85. The summed E-state index contributed by atoms with van der Waals surface area (Å²) in [5.41, 5.74) is 1.89. The molecule has 27 heavy (non-hydrogen) atoms. The number of hydrogen-bond acceptors (Lipinski definition) is 4. The Morgan fingerprint density at radius 2 is 1.81 bits per heavy atom. The molecule has 0 radical (unpaired) electrons. The van der Waals surface area contributed by atoms with Crippen LogP contribution in [-0.2, 0) is 19.7 Å². The van der Waals surface area contributed by atoms with Gasteiger partial charge in [-0.05, 0) is 42.8 Å². The molecule has 0 aliphatic carbocycles. The summed E-state index contributed by atoms with van der Waals surface area (Å²) in [7, 11) is 0. The Hall–Kier alpha value is -2.14. The molecule has 6 heteroatoms. The summed E-state index contributed by atoms with van der Waals surface area (Å²) in [5, 5.41) is 4.48. The Balaban J connectivity index is 1.70. The second-order valence-electron chi connectivity index (χ2n) is 5.90. The van der Waals surface area contributed by atoms with Gasteiger partial charge in [-0.1, -0.05) is 41.4 Å². The summed E-state index contributed by atoms with van der Waals surface area (Å²) in [6, 6.07) is 15.2. The van der Waals surface area contributed by atoms with E-state index in [1.165, 1.54) is 0 Å². The number of benzene rings is 2. The summed E-state index contributed by atoms with van der Waals surface area (Å²) in [6.45, 7) is 4.02. The van der Waals surface area contributed by atoms with E-state index in [1.54, 1.807) is 6.26 Å². The number of ether oxygens (including phenoxy) is 2. The molecule has 1 aromatic heterocycles. The molecular weight excluding hydrogens is 385 g/mol. The van der Waals surface area contributed by atoms with Gasteiger partial charge in [0.15, 0.2) is 11.5 Å². The fraction of sp³-hybridized carbons (Fsp3) is 0.238. The van der Waals surface area contributed by atoms with Crippen molar-refractivity contribution in [2.24, 2.45) is 0 Å². The van der Waals surface area contributed by atoms with Gasteiger partial charge in [-0.2, -0.15) is 0 Å². The monoisotopic (exact) mass is 405 g/mol. The lowest BCUT2D eigenvalue weighted by Crippen LogP contribution is -2.12. The summed E-state index contributed by atoms with van der Waals surface area (Å²) < 4.78 is 17.0. The molecule has 1 N–H and O–H groups in total. The van der Waals surface area contributed by atoms with E-state index in [0.717, 1.165) is 16.9 Å². The SMILES string of the molecule is CCOc1cc(CNCc2ccco2)cc(Cl)c1OCc1ccccc1Cl. The first kappa shape index (κ1) is 19.6. The Morgan fingerprint density at radius 3 is 2.56 bits per heavy atom. The highest BCUT2D eigenvalue weighted by atomic mass is 35.5. The number of hydrogen-bond donors (Lipinski definition) is 1. The first-order valence-electron chi connectivity index (χ1n) is 8.72. The van der Waals surface area contributed by atoms with Crippen molar-refractivity contribution in [3.8, 4) is 11.5 Å². The van der Waals surface area contributed by atoms with E-state index in [4.69, 9.17) is 37.1 Å². The molecule has 0 aliphatic rings. The van der Waals surface area contributed by atoms with Gasteiger partial charge in [0, 0.05) is 17.1 Å². The molecule has 0 spiro atoms. The fourth-order valence-corrected chi connectivity index (χ4v) is 3.11. The maximum absolute atomic E-state index is 6.47. The van der Waals surface area contributed by atoms with E-state index in [0.29, 0.717) is 47.8 Å². The van der Waals surface area contributed by atoms with Gasteiger partial charge in [0.2, 0.25) is 0 Å². The van der Waals surface area contributed by atoms with Crippen LogP contribution in [0, 0.1) is 0 Å². The molecule has 0 aliphatic heterocycles. The molecule has 2 aromatic carbocycles. The standard InChI is InChI=1S/C21H21Cl2NO3/c1-2-25-20-11-15(12-24-13-17-7-5-9-26-17)10-19(23)21(20)27-14-16-6-3-4-8-18(16)22/h3-11,24H,2,12-14H2,1H3. The average Bonchev–Trinajstić information content (AvgIpc) is 3.16. The van der Waals surface area contributed by atoms with Crippen molar-refractivity contribution in [3.05, 3.63) is 81.7 Å². The molecule has 3 rings (SSSR count). The van der Waals surface area contributed by atoms with Gasteiger partial charge >= 0.3 is 0 Å². The third-order valence-corrected chi connectivity index (χ3v) is 4.56. The van der Waals surface area contributed by atoms with Crippen molar-refractivity contribution in [2.45, 2.75) is 26.6 Å². The molecule has 0 unspecified atom stereocenters. The minimum atomic E-state index is 0.315.